The first kappa shape index (κ1) is 16.8. The van der Waals surface area contributed by atoms with E-state index in [0.29, 0.717) is 5.69 Å². The van der Waals surface area contributed by atoms with Gasteiger partial charge in [0.2, 0.25) is 0 Å². The van der Waals surface area contributed by atoms with Crippen LogP contribution in [0.1, 0.15) is 12.6 Å². The molecule has 2 heterocycles. The lowest BCUT2D eigenvalue weighted by Crippen LogP contribution is -2.30. The molecule has 122 valence electrons. The van der Waals surface area contributed by atoms with E-state index in [2.05, 4.69) is 4.37 Å². The van der Waals surface area contributed by atoms with E-state index in [-0.39, 0.29) is 23.9 Å². The second kappa shape index (κ2) is 6.31. The minimum Gasteiger partial charge on any atom is -0.481 e. The van der Waals surface area contributed by atoms with Crippen molar-refractivity contribution in [2.75, 3.05) is 19.7 Å². The molecule has 8 nitrogen and oxygen atoms in total. The van der Waals surface area contributed by atoms with E-state index in [9.17, 15) is 23.1 Å². The maximum Gasteiger partial charge on any atom is 0.311 e. The van der Waals surface area contributed by atoms with Crippen molar-refractivity contribution >= 4 is 33.5 Å². The maximum absolute atomic E-state index is 12.5. The molecule has 0 saturated carbocycles. The van der Waals surface area contributed by atoms with E-state index in [1.54, 1.807) is 13.8 Å². The van der Waals surface area contributed by atoms with Crippen molar-refractivity contribution in [1.82, 2.24) is 8.68 Å². The number of nitrogens with zero attached hydrogens (tertiary/aromatic N) is 2. The van der Waals surface area contributed by atoms with Gasteiger partial charge in [0.05, 0.1) is 24.1 Å². The second-order valence-electron chi connectivity index (χ2n) is 4.91. The molecule has 1 aromatic heterocycles. The number of aryl methyl sites for hydroxylation is 1. The van der Waals surface area contributed by atoms with Crippen LogP contribution in [0, 0.1) is 18.8 Å². The van der Waals surface area contributed by atoms with Gasteiger partial charge in [-0.05, 0) is 31.4 Å². The van der Waals surface area contributed by atoms with E-state index in [0.717, 1.165) is 15.8 Å². The number of aliphatic carboxylic acids is 1. The zero-order chi connectivity index (χ0) is 16.5. The number of hydrogen-bond donors (Lipinski definition) is 1. The number of esters is 1. The van der Waals surface area contributed by atoms with Crippen molar-refractivity contribution < 1.29 is 27.9 Å². The number of carboxylic acids is 1. The van der Waals surface area contributed by atoms with Gasteiger partial charge in [-0.1, -0.05) is 0 Å². The summed E-state index contributed by atoms with van der Waals surface area (Å²) in [6, 6.07) is 1.42. The molecule has 1 fully saturated rings. The number of ether oxygens (including phenoxy) is 1. The Balaban J connectivity index is 2.27. The molecular weight excluding hydrogens is 332 g/mol. The highest BCUT2D eigenvalue weighted by Crippen LogP contribution is 2.31. The fourth-order valence-electron chi connectivity index (χ4n) is 2.29. The average Bonchev–Trinajstić information content (AvgIpc) is 3.05. The van der Waals surface area contributed by atoms with Crippen LogP contribution in [0.25, 0.3) is 0 Å². The van der Waals surface area contributed by atoms with Gasteiger partial charge in [0.25, 0.3) is 10.0 Å². The quantitative estimate of drug-likeness (QED) is 0.763. The maximum atomic E-state index is 12.5. The molecule has 0 spiro atoms. The molecule has 0 aromatic carbocycles. The van der Waals surface area contributed by atoms with Crippen molar-refractivity contribution in [1.29, 1.82) is 0 Å². The van der Waals surface area contributed by atoms with E-state index in [4.69, 9.17) is 4.74 Å². The van der Waals surface area contributed by atoms with Gasteiger partial charge in [-0.25, -0.2) is 8.42 Å². The standard InChI is InChI=1S/C12H16N2O6S2/c1-3-20-12(17)9-6-14(5-8(9)11(15)16)22(18,19)10-4-7(2)13-21-10/h4,8-9H,3,5-6H2,1-2H3,(H,15,16)/t8-,9-/m1/s1. The largest absolute Gasteiger partial charge is 0.481 e. The van der Waals surface area contributed by atoms with Crippen LogP contribution < -0.4 is 0 Å². The molecule has 1 aromatic rings. The van der Waals surface area contributed by atoms with Gasteiger partial charge in [-0.15, -0.1) is 0 Å². The Kier molecular flexibility index (Phi) is 4.83. The van der Waals surface area contributed by atoms with E-state index in [1.807, 2.05) is 0 Å². The first-order chi connectivity index (χ1) is 10.3. The van der Waals surface area contributed by atoms with Crippen molar-refractivity contribution in [2.45, 2.75) is 18.1 Å². The van der Waals surface area contributed by atoms with Crippen LogP contribution in [0.4, 0.5) is 0 Å². The summed E-state index contributed by atoms with van der Waals surface area (Å²) >= 11 is 0.830. The Morgan fingerprint density at radius 3 is 2.59 bits per heavy atom. The van der Waals surface area contributed by atoms with Gasteiger partial charge in [-0.3, -0.25) is 9.59 Å². The molecule has 10 heteroatoms. The number of rotatable bonds is 5. The number of carbonyl (C=O) groups excluding carboxylic acids is 1. The molecule has 2 rings (SSSR count). The lowest BCUT2D eigenvalue weighted by atomic mass is 9.96. The third-order valence-electron chi connectivity index (χ3n) is 3.39. The summed E-state index contributed by atoms with van der Waals surface area (Å²) in [5.41, 5.74) is 0.569. The van der Waals surface area contributed by atoms with Crippen molar-refractivity contribution in [3.05, 3.63) is 11.8 Å². The van der Waals surface area contributed by atoms with Gasteiger partial charge >= 0.3 is 11.9 Å². The Labute approximate surface area is 131 Å². The summed E-state index contributed by atoms with van der Waals surface area (Å²) in [5, 5.41) is 9.22. The van der Waals surface area contributed by atoms with Gasteiger partial charge in [-0.2, -0.15) is 8.68 Å². The highest BCUT2D eigenvalue weighted by molar-refractivity contribution is 7.91. The lowest BCUT2D eigenvalue weighted by Gasteiger charge is -2.14. The third-order valence-corrected chi connectivity index (χ3v) is 6.53. The van der Waals surface area contributed by atoms with Crippen LogP contribution in [-0.2, 0) is 24.3 Å². The summed E-state index contributed by atoms with van der Waals surface area (Å²) in [6.45, 7) is 2.94. The Morgan fingerprint density at radius 1 is 1.45 bits per heavy atom. The van der Waals surface area contributed by atoms with Crippen molar-refractivity contribution in [3.8, 4) is 0 Å². The van der Waals surface area contributed by atoms with Gasteiger partial charge < -0.3 is 9.84 Å². The van der Waals surface area contributed by atoms with Gasteiger partial charge in [0.1, 0.15) is 0 Å². The molecular formula is C12H16N2O6S2. The Hall–Kier alpha value is -1.52. The summed E-state index contributed by atoms with van der Waals surface area (Å²) in [6.07, 6.45) is 0. The Morgan fingerprint density at radius 2 is 2.09 bits per heavy atom. The fourth-order valence-corrected chi connectivity index (χ4v) is 4.89. The lowest BCUT2D eigenvalue weighted by molar-refractivity contribution is -0.155. The minimum absolute atomic E-state index is 0.0404. The number of aromatic nitrogens is 1. The topological polar surface area (TPSA) is 114 Å². The summed E-state index contributed by atoms with van der Waals surface area (Å²) in [5.74, 6) is -4.01. The molecule has 2 atom stereocenters. The highest BCUT2D eigenvalue weighted by Gasteiger charge is 2.47. The molecule has 22 heavy (non-hydrogen) atoms. The van der Waals surface area contributed by atoms with E-state index < -0.39 is 33.8 Å². The van der Waals surface area contributed by atoms with Crippen LogP contribution in [0.15, 0.2) is 10.3 Å². The molecule has 0 amide bonds. The Bertz CT molecular complexity index is 684. The van der Waals surface area contributed by atoms with Crippen LogP contribution >= 0.6 is 11.5 Å². The zero-order valence-electron chi connectivity index (χ0n) is 12.1. The predicted octanol–water partition coefficient (Wildman–Crippen LogP) is 0.336. The van der Waals surface area contributed by atoms with E-state index in [1.165, 1.54) is 6.07 Å². The smallest absolute Gasteiger partial charge is 0.311 e. The molecule has 1 aliphatic rings. The molecule has 1 saturated heterocycles. The van der Waals surface area contributed by atoms with Crippen molar-refractivity contribution in [2.24, 2.45) is 11.8 Å². The third kappa shape index (κ3) is 3.13. The highest BCUT2D eigenvalue weighted by atomic mass is 32.2. The number of hydrogen-bond acceptors (Lipinski definition) is 7. The SMILES string of the molecule is CCOC(=O)[C@@H]1CN(S(=O)(=O)c2cc(C)ns2)C[C@H]1C(=O)O. The first-order valence-corrected chi connectivity index (χ1v) is 8.81. The zero-order valence-corrected chi connectivity index (χ0v) is 13.7. The number of carboxylic acid groups (broad SMARTS) is 1. The molecule has 0 bridgehead atoms. The van der Waals surface area contributed by atoms with Crippen LogP contribution in [-0.4, -0.2) is 53.8 Å². The summed E-state index contributed by atoms with van der Waals surface area (Å²) < 4.78 is 34.8. The number of carbonyl (C=O) groups is 2. The summed E-state index contributed by atoms with van der Waals surface area (Å²) in [7, 11) is -3.85. The molecule has 0 aliphatic carbocycles. The second-order valence-corrected chi connectivity index (χ2v) is 7.88. The van der Waals surface area contributed by atoms with Crippen LogP contribution in [0.3, 0.4) is 0 Å². The van der Waals surface area contributed by atoms with E-state index >= 15 is 0 Å². The molecule has 1 aliphatic heterocycles. The number of sulfonamides is 1. The van der Waals surface area contributed by atoms with Crippen LogP contribution in [0.2, 0.25) is 0 Å². The molecule has 0 unspecified atom stereocenters. The fraction of sp³-hybridized carbons (Fsp3) is 0.583. The monoisotopic (exact) mass is 348 g/mol. The predicted molar refractivity (Wildman–Crippen MR) is 76.9 cm³/mol. The van der Waals surface area contributed by atoms with Crippen molar-refractivity contribution in [3.63, 3.8) is 0 Å². The van der Waals surface area contributed by atoms with Crippen LogP contribution in [0.5, 0.6) is 0 Å². The van der Waals surface area contributed by atoms with Gasteiger partial charge in [0, 0.05) is 13.1 Å². The first-order valence-electron chi connectivity index (χ1n) is 6.60. The van der Waals surface area contributed by atoms with Gasteiger partial charge in [0.15, 0.2) is 4.21 Å². The summed E-state index contributed by atoms with van der Waals surface area (Å²) in [4.78, 5) is 23.2. The molecule has 1 N–H and O–H groups in total. The normalized spacial score (nSPS) is 22.6. The molecule has 0 radical (unpaired) electrons. The minimum atomic E-state index is -3.85. The average molecular weight is 348 g/mol.